The number of ether oxygens (including phenoxy) is 2. The highest BCUT2D eigenvalue weighted by atomic mass is 127. The molecule has 5 nitrogen and oxygen atoms in total. The molecule has 1 aliphatic rings. The zero-order valence-electron chi connectivity index (χ0n) is 14.7. The van der Waals surface area contributed by atoms with Crippen molar-refractivity contribution in [1.29, 1.82) is 0 Å². The summed E-state index contributed by atoms with van der Waals surface area (Å²) in [6.07, 6.45) is 1.81. The minimum absolute atomic E-state index is 0. The van der Waals surface area contributed by atoms with Crippen LogP contribution in [0.15, 0.2) is 47.5 Å². The van der Waals surface area contributed by atoms with Crippen LogP contribution in [0.4, 0.5) is 10.1 Å². The maximum Gasteiger partial charge on any atom is 0.193 e. The number of methoxy groups -OCH3 is 2. The molecule has 26 heavy (non-hydrogen) atoms. The molecule has 0 amide bonds. The first kappa shape index (κ1) is 20.3. The van der Waals surface area contributed by atoms with Gasteiger partial charge in [0.25, 0.3) is 0 Å². The van der Waals surface area contributed by atoms with Crippen LogP contribution in [0.5, 0.6) is 11.5 Å². The highest BCUT2D eigenvalue weighted by molar-refractivity contribution is 14.0. The van der Waals surface area contributed by atoms with Gasteiger partial charge in [0.15, 0.2) is 5.96 Å². The van der Waals surface area contributed by atoms with Gasteiger partial charge in [0.1, 0.15) is 17.3 Å². The molecule has 0 spiro atoms. The van der Waals surface area contributed by atoms with Crippen molar-refractivity contribution in [2.75, 3.05) is 19.5 Å². The maximum atomic E-state index is 13.0. The smallest absolute Gasteiger partial charge is 0.193 e. The molecular weight excluding hydrogens is 448 g/mol. The van der Waals surface area contributed by atoms with Gasteiger partial charge in [-0.1, -0.05) is 12.1 Å². The van der Waals surface area contributed by atoms with Crippen molar-refractivity contribution in [3.8, 4) is 11.5 Å². The summed E-state index contributed by atoms with van der Waals surface area (Å²) in [7, 11) is 3.20. The molecule has 0 aliphatic heterocycles. The molecule has 2 aromatic rings. The van der Waals surface area contributed by atoms with E-state index in [2.05, 4.69) is 10.3 Å². The molecule has 0 heterocycles. The van der Waals surface area contributed by atoms with E-state index in [-0.39, 0.29) is 35.8 Å². The number of nitrogens with two attached hydrogens (primary N) is 1. The van der Waals surface area contributed by atoms with Gasteiger partial charge in [0.2, 0.25) is 0 Å². The number of nitrogens with one attached hydrogen (secondary N) is 1. The monoisotopic (exact) mass is 471 g/mol. The second-order valence-electron chi connectivity index (χ2n) is 6.08. The fraction of sp³-hybridized carbons (Fsp3) is 0.316. The van der Waals surface area contributed by atoms with E-state index < -0.39 is 0 Å². The molecule has 1 aliphatic carbocycles. The van der Waals surface area contributed by atoms with Crippen molar-refractivity contribution < 1.29 is 13.9 Å². The van der Waals surface area contributed by atoms with E-state index >= 15 is 0 Å². The van der Waals surface area contributed by atoms with E-state index in [0.717, 1.165) is 18.4 Å². The number of benzene rings is 2. The maximum absolute atomic E-state index is 13.0. The first-order valence-electron chi connectivity index (χ1n) is 8.17. The summed E-state index contributed by atoms with van der Waals surface area (Å²) in [6.45, 7) is 0. The van der Waals surface area contributed by atoms with E-state index in [0.29, 0.717) is 29.1 Å². The van der Waals surface area contributed by atoms with Crippen molar-refractivity contribution in [3.05, 3.63) is 53.8 Å². The summed E-state index contributed by atoms with van der Waals surface area (Å²) < 4.78 is 23.5. The first-order valence-corrected chi connectivity index (χ1v) is 8.17. The molecule has 0 unspecified atom stereocenters. The molecule has 0 aromatic heterocycles. The topological polar surface area (TPSA) is 68.9 Å². The lowest BCUT2D eigenvalue weighted by Gasteiger charge is -2.33. The summed E-state index contributed by atoms with van der Waals surface area (Å²) in [4.78, 5) is 4.51. The number of aliphatic imine (C=N–C) groups is 1. The third kappa shape index (κ3) is 4.78. The molecule has 0 saturated heterocycles. The number of nitrogens with zero attached hydrogens (tertiary/aromatic N) is 1. The molecule has 1 fully saturated rings. The number of anilines is 1. The minimum Gasteiger partial charge on any atom is -0.497 e. The normalized spacial score (nSPS) is 19.1. The fourth-order valence-corrected chi connectivity index (χ4v) is 2.98. The number of hydrogen-bond acceptors (Lipinski definition) is 3. The van der Waals surface area contributed by atoms with Crippen LogP contribution in [-0.2, 0) is 0 Å². The molecule has 2 aromatic carbocycles. The molecule has 140 valence electrons. The molecular formula is C19H23FIN3O2. The molecule has 7 heteroatoms. The van der Waals surface area contributed by atoms with Crippen molar-refractivity contribution in [3.63, 3.8) is 0 Å². The van der Waals surface area contributed by atoms with Crippen LogP contribution in [0.2, 0.25) is 0 Å². The average Bonchev–Trinajstić information content (AvgIpc) is 2.58. The van der Waals surface area contributed by atoms with E-state index in [1.54, 1.807) is 14.2 Å². The predicted octanol–water partition coefficient (Wildman–Crippen LogP) is 4.13. The highest BCUT2D eigenvalue weighted by Crippen LogP contribution is 2.39. The Morgan fingerprint density at radius 2 is 1.81 bits per heavy atom. The van der Waals surface area contributed by atoms with Crippen molar-refractivity contribution >= 4 is 35.6 Å². The Kier molecular flexibility index (Phi) is 7.07. The van der Waals surface area contributed by atoms with Gasteiger partial charge in [-0.2, -0.15) is 0 Å². The van der Waals surface area contributed by atoms with E-state index in [4.69, 9.17) is 15.2 Å². The van der Waals surface area contributed by atoms with Crippen LogP contribution >= 0.6 is 24.0 Å². The molecule has 0 radical (unpaired) electrons. The predicted molar refractivity (Wildman–Crippen MR) is 112 cm³/mol. The summed E-state index contributed by atoms with van der Waals surface area (Å²) >= 11 is 0. The lowest BCUT2D eigenvalue weighted by molar-refractivity contribution is 0.353. The van der Waals surface area contributed by atoms with Gasteiger partial charge < -0.3 is 20.5 Å². The van der Waals surface area contributed by atoms with Gasteiger partial charge in [0, 0.05) is 6.07 Å². The number of guanidine groups is 1. The summed E-state index contributed by atoms with van der Waals surface area (Å²) in [5.74, 6) is 1.91. The van der Waals surface area contributed by atoms with Crippen LogP contribution in [0.3, 0.4) is 0 Å². The third-order valence-corrected chi connectivity index (χ3v) is 4.45. The average molecular weight is 471 g/mol. The summed E-state index contributed by atoms with van der Waals surface area (Å²) in [5.41, 5.74) is 7.88. The Balaban J connectivity index is 0.00000243. The lowest BCUT2D eigenvalue weighted by atomic mass is 9.76. The standard InChI is InChI=1S/C19H22FN3O2.HI/c1-24-16-7-8-18(25-2)17(11-16)23-19(21)22-15-9-13(10-15)12-3-5-14(20)6-4-12;/h3-8,11,13,15H,9-10H2,1-2H3,(H3,21,22,23);1H. The largest absolute Gasteiger partial charge is 0.497 e. The third-order valence-electron chi connectivity index (χ3n) is 4.45. The first-order chi connectivity index (χ1) is 12.1. The van der Waals surface area contributed by atoms with Crippen molar-refractivity contribution in [2.24, 2.45) is 10.7 Å². The minimum atomic E-state index is -0.210. The molecule has 3 N–H and O–H groups in total. The SMILES string of the molecule is COc1ccc(OC)c(NC(N)=NC2CC(c3ccc(F)cc3)C2)c1.I. The highest BCUT2D eigenvalue weighted by Gasteiger charge is 2.30. The summed E-state index contributed by atoms with van der Waals surface area (Å²) in [5, 5.41) is 3.07. The van der Waals surface area contributed by atoms with Crippen molar-refractivity contribution in [1.82, 2.24) is 0 Å². The molecule has 0 bridgehead atoms. The zero-order valence-corrected chi connectivity index (χ0v) is 17.1. The molecule has 3 rings (SSSR count). The van der Waals surface area contributed by atoms with Crippen LogP contribution in [0.1, 0.15) is 24.3 Å². The van der Waals surface area contributed by atoms with E-state index in [1.807, 2.05) is 30.3 Å². The quantitative estimate of drug-likeness (QED) is 0.391. The van der Waals surface area contributed by atoms with Gasteiger partial charge in [-0.3, -0.25) is 0 Å². The lowest BCUT2D eigenvalue weighted by Crippen LogP contribution is -2.31. The Bertz CT molecular complexity index is 762. The fourth-order valence-electron chi connectivity index (χ4n) is 2.98. The Morgan fingerprint density at radius 3 is 2.42 bits per heavy atom. The van der Waals surface area contributed by atoms with Gasteiger partial charge in [-0.05, 0) is 48.6 Å². The second kappa shape index (κ2) is 9.07. The molecule has 0 atom stereocenters. The van der Waals surface area contributed by atoms with Crippen LogP contribution in [-0.4, -0.2) is 26.2 Å². The summed E-state index contributed by atoms with van der Waals surface area (Å²) in [6, 6.07) is 12.3. The Morgan fingerprint density at radius 1 is 1.12 bits per heavy atom. The van der Waals surface area contributed by atoms with E-state index in [1.165, 1.54) is 12.1 Å². The van der Waals surface area contributed by atoms with Crippen LogP contribution in [0.25, 0.3) is 0 Å². The number of halogens is 2. The Labute approximate surface area is 169 Å². The number of hydrogen-bond donors (Lipinski definition) is 2. The number of rotatable bonds is 5. The van der Waals surface area contributed by atoms with Gasteiger partial charge >= 0.3 is 0 Å². The Hall–Kier alpha value is -2.03. The van der Waals surface area contributed by atoms with Crippen molar-refractivity contribution in [2.45, 2.75) is 24.8 Å². The van der Waals surface area contributed by atoms with Gasteiger partial charge in [0.05, 0.1) is 25.9 Å². The van der Waals surface area contributed by atoms with E-state index in [9.17, 15) is 4.39 Å². The van der Waals surface area contributed by atoms with Gasteiger partial charge in [-0.25, -0.2) is 9.38 Å². The zero-order chi connectivity index (χ0) is 17.8. The van der Waals surface area contributed by atoms with Crippen LogP contribution < -0.4 is 20.5 Å². The second-order valence-corrected chi connectivity index (χ2v) is 6.08. The van der Waals surface area contributed by atoms with Crippen LogP contribution in [0, 0.1) is 5.82 Å². The van der Waals surface area contributed by atoms with Gasteiger partial charge in [-0.15, -0.1) is 24.0 Å². The molecule has 1 saturated carbocycles.